The molecule has 0 aliphatic heterocycles. The molecule has 0 spiro atoms. The van der Waals surface area contributed by atoms with E-state index in [9.17, 15) is 14.5 Å². The monoisotopic (exact) mass is 314 g/mol. The van der Waals surface area contributed by atoms with Gasteiger partial charge < -0.3 is 5.32 Å². The molecule has 0 fully saturated rings. The molecule has 0 bridgehead atoms. The van der Waals surface area contributed by atoms with Crippen LogP contribution in [0.3, 0.4) is 0 Å². The molecule has 0 amide bonds. The van der Waals surface area contributed by atoms with E-state index in [1.807, 2.05) is 6.08 Å². The van der Waals surface area contributed by atoms with E-state index in [0.717, 1.165) is 25.3 Å². The number of benzene rings is 1. The van der Waals surface area contributed by atoms with Crippen molar-refractivity contribution in [2.24, 2.45) is 0 Å². The average Bonchev–Trinajstić information content (AvgIpc) is 2.34. The van der Waals surface area contributed by atoms with Gasteiger partial charge in [0, 0.05) is 6.04 Å². The van der Waals surface area contributed by atoms with Gasteiger partial charge in [-0.1, -0.05) is 12.2 Å². The van der Waals surface area contributed by atoms with Crippen LogP contribution in [0, 0.1) is 15.9 Å². The zero-order valence-corrected chi connectivity index (χ0v) is 11.1. The van der Waals surface area contributed by atoms with Crippen molar-refractivity contribution in [3.63, 3.8) is 0 Å². The smallest absolute Gasteiger partial charge is 0.295 e. The molecule has 1 unspecified atom stereocenters. The molecule has 0 saturated carbocycles. The van der Waals surface area contributed by atoms with E-state index < -0.39 is 10.7 Å². The molecule has 0 saturated heterocycles. The van der Waals surface area contributed by atoms with Gasteiger partial charge in [-0.3, -0.25) is 10.1 Å². The van der Waals surface area contributed by atoms with Gasteiger partial charge in [0.15, 0.2) is 0 Å². The quantitative estimate of drug-likeness (QED) is 0.521. The van der Waals surface area contributed by atoms with Crippen molar-refractivity contribution in [1.29, 1.82) is 0 Å². The van der Waals surface area contributed by atoms with Crippen molar-refractivity contribution in [1.82, 2.24) is 0 Å². The second-order valence-corrected chi connectivity index (χ2v) is 5.02. The lowest BCUT2D eigenvalue weighted by Gasteiger charge is -2.20. The Morgan fingerprint density at radius 2 is 2.22 bits per heavy atom. The van der Waals surface area contributed by atoms with Crippen molar-refractivity contribution in [2.45, 2.75) is 25.3 Å². The number of anilines is 1. The number of nitrogens with one attached hydrogen (secondary N) is 1. The maximum absolute atomic E-state index is 13.3. The van der Waals surface area contributed by atoms with Gasteiger partial charge in [-0.15, -0.1) is 0 Å². The van der Waals surface area contributed by atoms with Gasteiger partial charge in [-0.05, 0) is 41.3 Å². The molecule has 96 valence electrons. The van der Waals surface area contributed by atoms with Crippen LogP contribution < -0.4 is 5.32 Å². The van der Waals surface area contributed by atoms with Crippen LogP contribution in [0.4, 0.5) is 15.8 Å². The molecule has 1 atom stereocenters. The van der Waals surface area contributed by atoms with E-state index in [4.69, 9.17) is 0 Å². The summed E-state index contributed by atoms with van der Waals surface area (Å²) in [6.45, 7) is 0. The Kier molecular flexibility index (Phi) is 3.96. The van der Waals surface area contributed by atoms with Gasteiger partial charge in [-0.2, -0.15) is 0 Å². The molecule has 0 radical (unpaired) electrons. The third-order valence-electron chi connectivity index (χ3n) is 2.86. The first-order chi connectivity index (χ1) is 8.58. The zero-order valence-electron chi connectivity index (χ0n) is 9.53. The Morgan fingerprint density at radius 1 is 1.44 bits per heavy atom. The largest absolute Gasteiger partial charge is 0.376 e. The van der Waals surface area contributed by atoms with Gasteiger partial charge in [0.05, 0.1) is 15.5 Å². The van der Waals surface area contributed by atoms with Crippen LogP contribution in [0.25, 0.3) is 0 Å². The van der Waals surface area contributed by atoms with Crippen molar-refractivity contribution < 1.29 is 9.31 Å². The number of nitro benzene ring substituents is 1. The lowest BCUT2D eigenvalue weighted by Crippen LogP contribution is -2.21. The Labute approximate surface area is 112 Å². The fraction of sp³-hybridized carbons (Fsp3) is 0.333. The zero-order chi connectivity index (χ0) is 13.1. The van der Waals surface area contributed by atoms with E-state index in [2.05, 4.69) is 27.3 Å². The molecule has 1 aliphatic carbocycles. The van der Waals surface area contributed by atoms with Gasteiger partial charge in [0.2, 0.25) is 0 Å². The van der Waals surface area contributed by atoms with Crippen LogP contribution in [0.5, 0.6) is 0 Å². The Morgan fingerprint density at radius 3 is 2.83 bits per heavy atom. The number of rotatable bonds is 3. The average molecular weight is 315 g/mol. The Balaban J connectivity index is 2.27. The first kappa shape index (κ1) is 13.0. The lowest BCUT2D eigenvalue weighted by atomic mass is 10.0. The summed E-state index contributed by atoms with van der Waals surface area (Å²) in [4.78, 5) is 10.3. The van der Waals surface area contributed by atoms with E-state index in [1.54, 1.807) is 0 Å². The summed E-state index contributed by atoms with van der Waals surface area (Å²) in [7, 11) is 0. The predicted molar refractivity (Wildman–Crippen MR) is 71.2 cm³/mol. The highest BCUT2D eigenvalue weighted by atomic mass is 79.9. The number of allylic oxidation sites excluding steroid dienone is 1. The lowest BCUT2D eigenvalue weighted by molar-refractivity contribution is -0.384. The molecule has 2 rings (SSSR count). The molecular formula is C12H12BrFN2O2. The summed E-state index contributed by atoms with van der Waals surface area (Å²) in [6, 6.07) is 2.52. The highest BCUT2D eigenvalue weighted by Gasteiger charge is 2.20. The topological polar surface area (TPSA) is 55.2 Å². The molecule has 1 aliphatic rings. The van der Waals surface area contributed by atoms with Gasteiger partial charge in [0.1, 0.15) is 11.5 Å². The van der Waals surface area contributed by atoms with Gasteiger partial charge >= 0.3 is 0 Å². The number of nitrogens with zero attached hydrogens (tertiary/aromatic N) is 1. The highest BCUT2D eigenvalue weighted by molar-refractivity contribution is 9.10. The van der Waals surface area contributed by atoms with Crippen LogP contribution in [0.15, 0.2) is 28.8 Å². The number of hydrogen-bond acceptors (Lipinski definition) is 3. The summed E-state index contributed by atoms with van der Waals surface area (Å²) in [5.74, 6) is -0.629. The van der Waals surface area contributed by atoms with E-state index in [-0.39, 0.29) is 16.2 Å². The second kappa shape index (κ2) is 5.48. The Hall–Kier alpha value is -1.43. The molecule has 1 N–H and O–H groups in total. The SMILES string of the molecule is O=[N+]([O-])c1cc(F)c(Br)cc1NC1CC=CCC1. The van der Waals surface area contributed by atoms with Crippen LogP contribution in [0.2, 0.25) is 0 Å². The summed E-state index contributed by atoms with van der Waals surface area (Å²) in [5.41, 5.74) is 0.124. The normalized spacial score (nSPS) is 18.7. The second-order valence-electron chi connectivity index (χ2n) is 4.17. The summed E-state index contributed by atoms with van der Waals surface area (Å²) in [6.07, 6.45) is 6.83. The fourth-order valence-electron chi connectivity index (χ4n) is 1.95. The molecule has 1 aromatic carbocycles. The Bertz CT molecular complexity index is 505. The molecule has 1 aromatic rings. The highest BCUT2D eigenvalue weighted by Crippen LogP contribution is 2.32. The maximum atomic E-state index is 13.3. The molecule has 4 nitrogen and oxygen atoms in total. The van der Waals surface area contributed by atoms with E-state index in [0.29, 0.717) is 5.69 Å². The third-order valence-corrected chi connectivity index (χ3v) is 3.47. The first-order valence-electron chi connectivity index (χ1n) is 5.63. The molecule has 18 heavy (non-hydrogen) atoms. The summed E-state index contributed by atoms with van der Waals surface area (Å²) in [5, 5.41) is 14.0. The third kappa shape index (κ3) is 2.87. The molecular weight excluding hydrogens is 303 g/mol. The van der Waals surface area contributed by atoms with Crippen LogP contribution in [0.1, 0.15) is 19.3 Å². The van der Waals surface area contributed by atoms with E-state index in [1.165, 1.54) is 6.07 Å². The first-order valence-corrected chi connectivity index (χ1v) is 6.42. The van der Waals surface area contributed by atoms with E-state index >= 15 is 0 Å². The van der Waals surface area contributed by atoms with Crippen LogP contribution >= 0.6 is 15.9 Å². The summed E-state index contributed by atoms with van der Waals surface area (Å²) < 4.78 is 13.5. The summed E-state index contributed by atoms with van der Waals surface area (Å²) >= 11 is 3.04. The number of halogens is 2. The molecule has 0 heterocycles. The number of hydrogen-bond donors (Lipinski definition) is 1. The predicted octanol–water partition coefficient (Wildman–Crippen LogP) is 4.02. The van der Waals surface area contributed by atoms with Crippen LogP contribution in [-0.2, 0) is 0 Å². The minimum atomic E-state index is -0.629. The van der Waals surface area contributed by atoms with Crippen molar-refractivity contribution >= 4 is 27.3 Å². The minimum absolute atomic E-state index is 0.158. The van der Waals surface area contributed by atoms with Gasteiger partial charge in [0.25, 0.3) is 5.69 Å². The van der Waals surface area contributed by atoms with Crippen molar-refractivity contribution in [3.05, 3.63) is 44.7 Å². The maximum Gasteiger partial charge on any atom is 0.295 e. The standard InChI is InChI=1S/C12H12BrFN2O2/c13-9-6-11(12(16(17)18)7-10(9)14)15-8-4-2-1-3-5-8/h1-2,6-8,15H,3-5H2. The van der Waals surface area contributed by atoms with Crippen molar-refractivity contribution in [2.75, 3.05) is 5.32 Å². The van der Waals surface area contributed by atoms with Gasteiger partial charge in [-0.25, -0.2) is 4.39 Å². The number of nitro groups is 1. The van der Waals surface area contributed by atoms with Crippen molar-refractivity contribution in [3.8, 4) is 0 Å². The minimum Gasteiger partial charge on any atom is -0.376 e. The fourth-order valence-corrected chi connectivity index (χ4v) is 2.29. The molecule has 0 aromatic heterocycles. The van der Waals surface area contributed by atoms with Crippen LogP contribution in [-0.4, -0.2) is 11.0 Å². The molecule has 6 heteroatoms.